The second-order valence-corrected chi connectivity index (χ2v) is 7.75. The molecule has 0 heterocycles. The van der Waals surface area contributed by atoms with E-state index in [9.17, 15) is 14.4 Å². The number of aryl methyl sites for hydroxylation is 3. The van der Waals surface area contributed by atoms with Crippen molar-refractivity contribution in [2.75, 3.05) is 16.0 Å². The van der Waals surface area contributed by atoms with Gasteiger partial charge in [0.15, 0.2) is 5.78 Å². The smallest absolute Gasteiger partial charge is 0.323 e. The van der Waals surface area contributed by atoms with Crippen molar-refractivity contribution in [1.82, 2.24) is 0 Å². The summed E-state index contributed by atoms with van der Waals surface area (Å²) in [7, 11) is 0. The molecule has 164 valence electrons. The van der Waals surface area contributed by atoms with Gasteiger partial charge in [0.1, 0.15) is 0 Å². The summed E-state index contributed by atoms with van der Waals surface area (Å²) >= 11 is 0. The average molecular weight is 430 g/mol. The maximum atomic E-state index is 12.4. The fourth-order valence-corrected chi connectivity index (χ4v) is 3.15. The minimum absolute atomic E-state index is 0.0621. The number of hydrogen-bond donors (Lipinski definition) is 3. The zero-order valence-electron chi connectivity index (χ0n) is 18.5. The lowest BCUT2D eigenvalue weighted by atomic mass is 10.0. The molecule has 0 radical (unpaired) electrons. The lowest BCUT2D eigenvalue weighted by Crippen LogP contribution is -2.20. The molecule has 3 aromatic rings. The van der Waals surface area contributed by atoms with Crippen LogP contribution >= 0.6 is 0 Å². The number of anilines is 3. The van der Waals surface area contributed by atoms with Crippen LogP contribution in [0.2, 0.25) is 0 Å². The molecule has 0 bridgehead atoms. The molecule has 0 spiro atoms. The van der Waals surface area contributed by atoms with E-state index >= 15 is 0 Å². The topological polar surface area (TPSA) is 87.3 Å². The van der Waals surface area contributed by atoms with E-state index in [-0.39, 0.29) is 30.6 Å². The Bertz CT molecular complexity index is 1140. The molecule has 0 aliphatic rings. The fraction of sp³-hybridized carbons (Fsp3) is 0.192. The van der Waals surface area contributed by atoms with Gasteiger partial charge in [-0.15, -0.1) is 0 Å². The summed E-state index contributed by atoms with van der Waals surface area (Å²) < 4.78 is 0. The molecule has 0 atom stereocenters. The van der Waals surface area contributed by atoms with Crippen molar-refractivity contribution in [3.63, 3.8) is 0 Å². The van der Waals surface area contributed by atoms with E-state index in [0.717, 1.165) is 16.7 Å². The first-order valence-electron chi connectivity index (χ1n) is 10.5. The van der Waals surface area contributed by atoms with Gasteiger partial charge in [0.05, 0.1) is 0 Å². The van der Waals surface area contributed by atoms with Crippen molar-refractivity contribution in [2.45, 2.75) is 33.6 Å². The molecule has 0 saturated heterocycles. The fourth-order valence-electron chi connectivity index (χ4n) is 3.15. The van der Waals surface area contributed by atoms with E-state index in [1.54, 1.807) is 30.3 Å². The highest BCUT2D eigenvalue weighted by atomic mass is 16.2. The molecule has 6 heteroatoms. The number of amides is 3. The number of nitrogens with one attached hydrogen (secondary N) is 3. The molecule has 0 aromatic heterocycles. The van der Waals surface area contributed by atoms with Crippen LogP contribution in [0.15, 0.2) is 66.7 Å². The first-order chi connectivity index (χ1) is 15.3. The average Bonchev–Trinajstić information content (AvgIpc) is 2.77. The number of ketones is 1. The Hall–Kier alpha value is -3.93. The van der Waals surface area contributed by atoms with Crippen LogP contribution in [0.4, 0.5) is 21.9 Å². The highest BCUT2D eigenvalue weighted by Crippen LogP contribution is 2.21. The van der Waals surface area contributed by atoms with Gasteiger partial charge in [-0.1, -0.05) is 36.4 Å². The maximum absolute atomic E-state index is 12.4. The van der Waals surface area contributed by atoms with Crippen molar-refractivity contribution < 1.29 is 14.4 Å². The van der Waals surface area contributed by atoms with Gasteiger partial charge in [0.2, 0.25) is 5.91 Å². The lowest BCUT2D eigenvalue weighted by molar-refractivity contribution is -0.116. The van der Waals surface area contributed by atoms with E-state index in [1.165, 1.54) is 0 Å². The summed E-state index contributed by atoms with van der Waals surface area (Å²) in [6.07, 6.45) is 0.210. The molecule has 0 fully saturated rings. The van der Waals surface area contributed by atoms with Crippen molar-refractivity contribution in [2.24, 2.45) is 0 Å². The lowest BCUT2D eigenvalue weighted by Gasteiger charge is -2.12. The monoisotopic (exact) mass is 429 g/mol. The summed E-state index contributed by atoms with van der Waals surface area (Å²) in [6, 6.07) is 19.6. The number of urea groups is 1. The van der Waals surface area contributed by atoms with E-state index in [0.29, 0.717) is 22.6 Å². The maximum Gasteiger partial charge on any atom is 0.323 e. The van der Waals surface area contributed by atoms with Gasteiger partial charge < -0.3 is 16.0 Å². The first kappa shape index (κ1) is 22.7. The molecule has 3 N–H and O–H groups in total. The Morgan fingerprint density at radius 2 is 1.34 bits per heavy atom. The molecule has 3 aromatic carbocycles. The molecule has 32 heavy (non-hydrogen) atoms. The highest BCUT2D eigenvalue weighted by molar-refractivity contribution is 6.02. The first-order valence-corrected chi connectivity index (χ1v) is 10.5. The Morgan fingerprint density at radius 3 is 2.06 bits per heavy atom. The number of carbonyl (C=O) groups is 3. The van der Waals surface area contributed by atoms with E-state index in [4.69, 9.17) is 0 Å². The van der Waals surface area contributed by atoms with E-state index in [2.05, 4.69) is 16.0 Å². The van der Waals surface area contributed by atoms with E-state index in [1.807, 2.05) is 57.2 Å². The summed E-state index contributed by atoms with van der Waals surface area (Å²) in [5.74, 6) is -0.316. The van der Waals surface area contributed by atoms with Crippen molar-refractivity contribution in [3.05, 3.63) is 89.0 Å². The second kappa shape index (κ2) is 10.4. The zero-order valence-corrected chi connectivity index (χ0v) is 18.5. The van der Waals surface area contributed by atoms with Gasteiger partial charge in [0, 0.05) is 35.5 Å². The standard InChI is InChI=1S/C26H27N3O3/c1-17-9-11-20(15-19(17)3)24(30)13-14-25(31)29-23-16-22(12-10-18(23)2)28-26(32)27-21-7-5-4-6-8-21/h4-12,15-16H,13-14H2,1-3H3,(H,29,31)(H2,27,28,32). The van der Waals surface area contributed by atoms with Crippen LogP contribution in [-0.2, 0) is 4.79 Å². The molecule has 0 unspecified atom stereocenters. The van der Waals surface area contributed by atoms with Crippen LogP contribution in [0.3, 0.4) is 0 Å². The van der Waals surface area contributed by atoms with Crippen LogP contribution < -0.4 is 16.0 Å². The third kappa shape index (κ3) is 6.28. The predicted octanol–water partition coefficient (Wildman–Crippen LogP) is 5.86. The second-order valence-electron chi connectivity index (χ2n) is 7.75. The molecule has 3 amide bonds. The van der Waals surface area contributed by atoms with Gasteiger partial charge in [-0.2, -0.15) is 0 Å². The van der Waals surface area contributed by atoms with Crippen LogP contribution in [0.5, 0.6) is 0 Å². The molecular weight excluding hydrogens is 402 g/mol. The normalized spacial score (nSPS) is 10.3. The van der Waals surface area contributed by atoms with Crippen LogP contribution in [0.25, 0.3) is 0 Å². The van der Waals surface area contributed by atoms with Gasteiger partial charge in [-0.05, 0) is 67.8 Å². The zero-order chi connectivity index (χ0) is 23.1. The number of carbonyl (C=O) groups excluding carboxylic acids is 3. The van der Waals surface area contributed by atoms with Gasteiger partial charge in [-0.25, -0.2) is 4.79 Å². The Kier molecular flexibility index (Phi) is 7.39. The Balaban J connectivity index is 1.56. The Labute approximate surface area is 188 Å². The molecule has 6 nitrogen and oxygen atoms in total. The summed E-state index contributed by atoms with van der Waals surface area (Å²) in [4.78, 5) is 37.1. The molecule has 0 saturated carbocycles. The Morgan fingerprint density at radius 1 is 0.656 bits per heavy atom. The minimum atomic E-state index is -0.378. The SMILES string of the molecule is Cc1ccc(C(=O)CCC(=O)Nc2cc(NC(=O)Nc3ccccc3)ccc2C)cc1C. The summed E-state index contributed by atoms with van der Waals surface area (Å²) in [5.41, 5.74) is 5.47. The van der Waals surface area contributed by atoms with Crippen LogP contribution in [-0.4, -0.2) is 17.7 Å². The molecule has 3 rings (SSSR count). The van der Waals surface area contributed by atoms with Gasteiger partial charge in [0.25, 0.3) is 0 Å². The largest absolute Gasteiger partial charge is 0.326 e. The van der Waals surface area contributed by atoms with E-state index < -0.39 is 0 Å². The van der Waals surface area contributed by atoms with Crippen molar-refractivity contribution in [1.29, 1.82) is 0 Å². The van der Waals surface area contributed by atoms with Gasteiger partial charge >= 0.3 is 6.03 Å². The predicted molar refractivity (Wildman–Crippen MR) is 128 cm³/mol. The number of hydrogen-bond acceptors (Lipinski definition) is 3. The summed E-state index contributed by atoms with van der Waals surface area (Å²) in [5, 5.41) is 8.34. The minimum Gasteiger partial charge on any atom is -0.326 e. The molecule has 0 aliphatic heterocycles. The number of Topliss-reactive ketones (excluding diaryl/α,β-unsaturated/α-hetero) is 1. The van der Waals surface area contributed by atoms with Gasteiger partial charge in [-0.3, -0.25) is 9.59 Å². The molecule has 0 aliphatic carbocycles. The number of rotatable bonds is 7. The third-order valence-corrected chi connectivity index (χ3v) is 5.21. The number of para-hydroxylation sites is 1. The highest BCUT2D eigenvalue weighted by Gasteiger charge is 2.12. The quantitative estimate of drug-likeness (QED) is 0.411. The summed E-state index contributed by atoms with van der Waals surface area (Å²) in [6.45, 7) is 5.82. The van der Waals surface area contributed by atoms with Crippen molar-refractivity contribution >= 4 is 34.8 Å². The number of benzene rings is 3. The molecular formula is C26H27N3O3. The van der Waals surface area contributed by atoms with Crippen molar-refractivity contribution in [3.8, 4) is 0 Å². The van der Waals surface area contributed by atoms with Crippen LogP contribution in [0.1, 0.15) is 39.9 Å². The van der Waals surface area contributed by atoms with Crippen LogP contribution in [0, 0.1) is 20.8 Å². The third-order valence-electron chi connectivity index (χ3n) is 5.21.